The van der Waals surface area contributed by atoms with Gasteiger partial charge in [0.05, 0.1) is 14.2 Å². The standard InChI is InChI=1S/C14H22N2O3.ClH/c1-10(15)7-14(17)16(2)9-11-5-6-12(18-3)8-13(11)19-4;/h5-6,8,10H,7,9,15H2,1-4H3;1H. The van der Waals surface area contributed by atoms with Crippen molar-refractivity contribution in [1.82, 2.24) is 4.90 Å². The summed E-state index contributed by atoms with van der Waals surface area (Å²) in [6.45, 7) is 2.30. The van der Waals surface area contributed by atoms with Gasteiger partial charge >= 0.3 is 0 Å². The number of halogens is 1. The zero-order valence-electron chi connectivity index (χ0n) is 12.4. The minimum Gasteiger partial charge on any atom is -0.497 e. The number of hydrogen-bond acceptors (Lipinski definition) is 4. The quantitative estimate of drug-likeness (QED) is 0.870. The Hall–Kier alpha value is -1.46. The Balaban J connectivity index is 0.00000361. The fourth-order valence-electron chi connectivity index (χ4n) is 1.76. The normalized spacial score (nSPS) is 11.2. The van der Waals surface area contributed by atoms with E-state index in [1.807, 2.05) is 19.1 Å². The van der Waals surface area contributed by atoms with E-state index in [-0.39, 0.29) is 24.4 Å². The van der Waals surface area contributed by atoms with Crippen LogP contribution in [0.3, 0.4) is 0 Å². The van der Waals surface area contributed by atoms with Crippen molar-refractivity contribution in [3.63, 3.8) is 0 Å². The highest BCUT2D eigenvalue weighted by Gasteiger charge is 2.14. The highest BCUT2D eigenvalue weighted by molar-refractivity contribution is 5.85. The number of nitrogens with two attached hydrogens (primary N) is 1. The van der Waals surface area contributed by atoms with Crippen LogP contribution in [0.15, 0.2) is 18.2 Å². The van der Waals surface area contributed by atoms with E-state index in [9.17, 15) is 4.79 Å². The molecule has 6 heteroatoms. The molecule has 1 amide bonds. The summed E-state index contributed by atoms with van der Waals surface area (Å²) in [7, 11) is 4.96. The van der Waals surface area contributed by atoms with Crippen LogP contribution >= 0.6 is 12.4 Å². The van der Waals surface area contributed by atoms with E-state index in [1.165, 1.54) is 0 Å². The van der Waals surface area contributed by atoms with E-state index in [1.54, 1.807) is 32.2 Å². The van der Waals surface area contributed by atoms with Gasteiger partial charge in [-0.25, -0.2) is 0 Å². The van der Waals surface area contributed by atoms with Crippen molar-refractivity contribution in [2.24, 2.45) is 5.73 Å². The van der Waals surface area contributed by atoms with Crippen molar-refractivity contribution in [3.05, 3.63) is 23.8 Å². The molecule has 0 aliphatic rings. The molecule has 0 spiro atoms. The summed E-state index contributed by atoms with van der Waals surface area (Å²) in [4.78, 5) is 13.5. The van der Waals surface area contributed by atoms with Gasteiger partial charge in [0.1, 0.15) is 11.5 Å². The number of rotatable bonds is 6. The lowest BCUT2D eigenvalue weighted by Gasteiger charge is -2.20. The van der Waals surface area contributed by atoms with Gasteiger partial charge < -0.3 is 20.1 Å². The third kappa shape index (κ3) is 5.27. The van der Waals surface area contributed by atoms with Crippen molar-refractivity contribution in [1.29, 1.82) is 0 Å². The van der Waals surface area contributed by atoms with Crippen molar-refractivity contribution in [3.8, 4) is 11.5 Å². The second-order valence-corrected chi connectivity index (χ2v) is 4.61. The topological polar surface area (TPSA) is 64.8 Å². The van der Waals surface area contributed by atoms with Crippen LogP contribution in [0.25, 0.3) is 0 Å². The summed E-state index contributed by atoms with van der Waals surface area (Å²) < 4.78 is 10.4. The molecule has 1 aromatic rings. The van der Waals surface area contributed by atoms with Crippen LogP contribution in [0.1, 0.15) is 18.9 Å². The number of hydrogen-bond donors (Lipinski definition) is 1. The number of carbonyl (C=O) groups excluding carboxylic acids is 1. The molecule has 0 aliphatic carbocycles. The summed E-state index contributed by atoms with van der Waals surface area (Å²) in [5, 5.41) is 0. The maximum Gasteiger partial charge on any atom is 0.224 e. The molecule has 0 saturated heterocycles. The number of benzene rings is 1. The number of amides is 1. The zero-order valence-corrected chi connectivity index (χ0v) is 13.2. The molecule has 0 fully saturated rings. The third-order valence-corrected chi connectivity index (χ3v) is 2.82. The molecule has 114 valence electrons. The van der Waals surface area contributed by atoms with Gasteiger partial charge in [0.25, 0.3) is 0 Å². The second kappa shape index (κ2) is 8.66. The monoisotopic (exact) mass is 302 g/mol. The molecule has 1 unspecified atom stereocenters. The molecular weight excluding hydrogens is 280 g/mol. The Kier molecular flexibility index (Phi) is 8.03. The van der Waals surface area contributed by atoms with Gasteiger partial charge in [-0.2, -0.15) is 0 Å². The minimum atomic E-state index is -0.132. The first-order valence-corrected chi connectivity index (χ1v) is 6.18. The minimum absolute atomic E-state index is 0. The van der Waals surface area contributed by atoms with Gasteiger partial charge in [-0.05, 0) is 19.1 Å². The zero-order chi connectivity index (χ0) is 14.4. The van der Waals surface area contributed by atoms with Crippen molar-refractivity contribution >= 4 is 18.3 Å². The smallest absolute Gasteiger partial charge is 0.224 e. The summed E-state index contributed by atoms with van der Waals surface area (Å²) in [6, 6.07) is 5.42. The molecule has 0 bridgehead atoms. The molecule has 1 aromatic carbocycles. The lowest BCUT2D eigenvalue weighted by molar-refractivity contribution is -0.130. The highest BCUT2D eigenvalue weighted by atomic mass is 35.5. The predicted molar refractivity (Wildman–Crippen MR) is 81.5 cm³/mol. The fraction of sp³-hybridized carbons (Fsp3) is 0.500. The van der Waals surface area contributed by atoms with Gasteiger partial charge in [-0.3, -0.25) is 4.79 Å². The van der Waals surface area contributed by atoms with E-state index in [0.717, 1.165) is 11.3 Å². The molecule has 0 saturated carbocycles. The first-order valence-electron chi connectivity index (χ1n) is 6.18. The fourth-order valence-corrected chi connectivity index (χ4v) is 1.76. The molecule has 1 rings (SSSR count). The van der Waals surface area contributed by atoms with Crippen molar-refractivity contribution in [2.75, 3.05) is 21.3 Å². The molecule has 0 radical (unpaired) electrons. The van der Waals surface area contributed by atoms with Gasteiger partial charge in [0.15, 0.2) is 0 Å². The number of methoxy groups -OCH3 is 2. The largest absolute Gasteiger partial charge is 0.497 e. The maximum atomic E-state index is 11.9. The van der Waals surface area contributed by atoms with Gasteiger partial charge in [0, 0.05) is 37.7 Å². The first kappa shape index (κ1) is 18.5. The lowest BCUT2D eigenvalue weighted by atomic mass is 10.1. The van der Waals surface area contributed by atoms with Crippen LogP contribution in [0.2, 0.25) is 0 Å². The SMILES string of the molecule is COc1ccc(CN(C)C(=O)CC(C)N)c(OC)c1.Cl. The van der Waals surface area contributed by atoms with Crippen LogP contribution in [0, 0.1) is 0 Å². The lowest BCUT2D eigenvalue weighted by Crippen LogP contribution is -2.31. The Bertz CT molecular complexity index is 438. The molecule has 0 aliphatic heterocycles. The van der Waals surface area contributed by atoms with Crippen LogP contribution in [0.4, 0.5) is 0 Å². The molecule has 5 nitrogen and oxygen atoms in total. The van der Waals surface area contributed by atoms with E-state index >= 15 is 0 Å². The summed E-state index contributed by atoms with van der Waals surface area (Å²) in [5.74, 6) is 1.46. The highest BCUT2D eigenvalue weighted by Crippen LogP contribution is 2.25. The summed E-state index contributed by atoms with van der Waals surface area (Å²) in [6.07, 6.45) is 0.342. The molecule has 20 heavy (non-hydrogen) atoms. The van der Waals surface area contributed by atoms with Gasteiger partial charge in [0.2, 0.25) is 5.91 Å². The van der Waals surface area contributed by atoms with Gasteiger partial charge in [-0.1, -0.05) is 0 Å². The summed E-state index contributed by atoms with van der Waals surface area (Å²) in [5.41, 5.74) is 6.56. The first-order chi connectivity index (χ1) is 8.97. The van der Waals surface area contributed by atoms with Crippen LogP contribution in [-0.2, 0) is 11.3 Å². The van der Waals surface area contributed by atoms with Crippen LogP contribution in [0.5, 0.6) is 11.5 Å². The number of carbonyl (C=O) groups is 1. The number of ether oxygens (including phenoxy) is 2. The molecule has 1 atom stereocenters. The Morgan fingerprint density at radius 3 is 2.50 bits per heavy atom. The van der Waals surface area contributed by atoms with Crippen molar-refractivity contribution < 1.29 is 14.3 Å². The third-order valence-electron chi connectivity index (χ3n) is 2.82. The van der Waals surface area contributed by atoms with E-state index in [0.29, 0.717) is 18.7 Å². The van der Waals surface area contributed by atoms with Crippen LogP contribution < -0.4 is 15.2 Å². The van der Waals surface area contributed by atoms with Crippen molar-refractivity contribution in [2.45, 2.75) is 25.9 Å². The molecule has 0 aromatic heterocycles. The predicted octanol–water partition coefficient (Wildman–Crippen LogP) is 1.82. The molecular formula is C14H23ClN2O3. The summed E-state index contributed by atoms with van der Waals surface area (Å²) >= 11 is 0. The Labute approximate surface area is 126 Å². The van der Waals surface area contributed by atoms with E-state index < -0.39 is 0 Å². The molecule has 0 heterocycles. The average Bonchev–Trinajstić information content (AvgIpc) is 2.38. The maximum absolute atomic E-state index is 11.9. The van der Waals surface area contributed by atoms with Crippen LogP contribution in [-0.4, -0.2) is 38.1 Å². The second-order valence-electron chi connectivity index (χ2n) is 4.61. The average molecular weight is 303 g/mol. The number of nitrogens with zero attached hydrogens (tertiary/aromatic N) is 1. The van der Waals surface area contributed by atoms with Gasteiger partial charge in [-0.15, -0.1) is 12.4 Å². The molecule has 2 N–H and O–H groups in total. The van der Waals surface area contributed by atoms with E-state index in [4.69, 9.17) is 15.2 Å². The Morgan fingerprint density at radius 2 is 2.00 bits per heavy atom. The Morgan fingerprint density at radius 1 is 1.35 bits per heavy atom. The van der Waals surface area contributed by atoms with E-state index in [2.05, 4.69) is 0 Å².